The molecule has 8 nitrogen and oxygen atoms in total. The number of piperazine rings is 1. The third-order valence-electron chi connectivity index (χ3n) is 6.38. The average molecular weight is 512 g/mol. The van der Waals surface area contributed by atoms with E-state index in [1.807, 2.05) is 24.0 Å². The summed E-state index contributed by atoms with van der Waals surface area (Å²) in [7, 11) is 0. The van der Waals surface area contributed by atoms with Crippen LogP contribution in [0, 0.1) is 6.92 Å². The molecule has 1 saturated heterocycles. The molecule has 0 unspecified atom stereocenters. The van der Waals surface area contributed by atoms with E-state index in [2.05, 4.69) is 43.8 Å². The number of fused-ring (bicyclic) bond motifs is 1. The van der Waals surface area contributed by atoms with Gasteiger partial charge in [0.05, 0.1) is 5.39 Å². The van der Waals surface area contributed by atoms with Gasteiger partial charge in [-0.3, -0.25) is 5.10 Å². The van der Waals surface area contributed by atoms with Crippen molar-refractivity contribution in [2.75, 3.05) is 62.2 Å². The molecule has 3 heterocycles. The standard InChI is InChI=1S/C23H29ClF3N7O/c1-4-32(5-2)10-11-35-18-13-16(24)12-17(15(18)3)33-6-8-34(9-7-33)22-19-20(23(25,26)27)30-31-21(19)28-14-29-22/h12-14H,4-11H2,1-3H3,(H,28,29,30,31). The number of ether oxygens (including phenoxy) is 1. The van der Waals surface area contributed by atoms with Crippen molar-refractivity contribution in [2.24, 2.45) is 0 Å². The van der Waals surface area contributed by atoms with Gasteiger partial charge in [-0.05, 0) is 32.1 Å². The molecule has 0 amide bonds. The maximum absolute atomic E-state index is 13.5. The molecule has 0 radical (unpaired) electrons. The molecule has 4 rings (SSSR count). The van der Waals surface area contributed by atoms with Crippen LogP contribution in [0.25, 0.3) is 11.0 Å². The molecule has 0 spiro atoms. The van der Waals surface area contributed by atoms with Crippen LogP contribution < -0.4 is 14.5 Å². The SMILES string of the molecule is CCN(CC)CCOc1cc(Cl)cc(N2CCN(c3ncnc4[nH]nc(C(F)(F)F)c34)CC2)c1C. The van der Waals surface area contributed by atoms with E-state index >= 15 is 0 Å². The van der Waals surface area contributed by atoms with Gasteiger partial charge in [-0.2, -0.15) is 18.3 Å². The van der Waals surface area contributed by atoms with Crippen LogP contribution in [0.4, 0.5) is 24.7 Å². The van der Waals surface area contributed by atoms with Crippen LogP contribution in [-0.2, 0) is 6.18 Å². The molecule has 0 bridgehead atoms. The second-order valence-corrected chi connectivity index (χ2v) is 8.82. The molecule has 35 heavy (non-hydrogen) atoms. The summed E-state index contributed by atoms with van der Waals surface area (Å²) in [5, 5.41) is 6.29. The Bertz CT molecular complexity index is 1160. The second-order valence-electron chi connectivity index (χ2n) is 8.39. The lowest BCUT2D eigenvalue weighted by molar-refractivity contribution is -0.139. The number of nitrogens with one attached hydrogen (secondary N) is 1. The highest BCUT2D eigenvalue weighted by atomic mass is 35.5. The first-order valence-electron chi connectivity index (χ1n) is 11.6. The van der Waals surface area contributed by atoms with Crippen molar-refractivity contribution in [1.82, 2.24) is 25.1 Å². The van der Waals surface area contributed by atoms with Gasteiger partial charge in [0.1, 0.15) is 24.5 Å². The topological polar surface area (TPSA) is 73.4 Å². The number of rotatable bonds is 8. The van der Waals surface area contributed by atoms with Crippen molar-refractivity contribution in [1.29, 1.82) is 0 Å². The number of halogens is 4. The largest absolute Gasteiger partial charge is 0.492 e. The Morgan fingerprint density at radius 1 is 1.09 bits per heavy atom. The molecule has 0 aliphatic carbocycles. The van der Waals surface area contributed by atoms with Gasteiger partial charge in [-0.25, -0.2) is 9.97 Å². The minimum atomic E-state index is -4.60. The molecule has 0 atom stereocenters. The highest BCUT2D eigenvalue weighted by Gasteiger charge is 2.38. The van der Waals surface area contributed by atoms with Crippen molar-refractivity contribution in [3.05, 3.63) is 34.7 Å². The Hall–Kier alpha value is -2.79. The van der Waals surface area contributed by atoms with Crippen molar-refractivity contribution in [3.63, 3.8) is 0 Å². The van der Waals surface area contributed by atoms with Gasteiger partial charge >= 0.3 is 6.18 Å². The molecular weight excluding hydrogens is 483 g/mol. The van der Waals surface area contributed by atoms with E-state index < -0.39 is 11.9 Å². The maximum atomic E-state index is 13.5. The summed E-state index contributed by atoms with van der Waals surface area (Å²) in [6.07, 6.45) is -3.34. The summed E-state index contributed by atoms with van der Waals surface area (Å²) < 4.78 is 46.5. The van der Waals surface area contributed by atoms with Gasteiger partial charge in [0.2, 0.25) is 0 Å². The quantitative estimate of drug-likeness (QED) is 0.481. The molecule has 1 N–H and O–H groups in total. The number of nitrogens with zero attached hydrogens (tertiary/aromatic N) is 6. The summed E-state index contributed by atoms with van der Waals surface area (Å²) in [6, 6.07) is 3.73. The lowest BCUT2D eigenvalue weighted by Crippen LogP contribution is -2.47. The van der Waals surface area contributed by atoms with Crippen LogP contribution in [0.2, 0.25) is 5.02 Å². The number of benzene rings is 1. The lowest BCUT2D eigenvalue weighted by Gasteiger charge is -2.37. The number of H-pyrrole nitrogens is 1. The zero-order chi connectivity index (χ0) is 25.2. The van der Waals surface area contributed by atoms with Crippen molar-refractivity contribution in [3.8, 4) is 5.75 Å². The van der Waals surface area contributed by atoms with Gasteiger partial charge in [0, 0.05) is 49.0 Å². The van der Waals surface area contributed by atoms with Crippen LogP contribution in [0.1, 0.15) is 25.1 Å². The monoisotopic (exact) mass is 511 g/mol. The summed E-state index contributed by atoms with van der Waals surface area (Å²) in [5.41, 5.74) is 1.02. The van der Waals surface area contributed by atoms with Gasteiger partial charge in [0.25, 0.3) is 0 Å². The first kappa shape index (κ1) is 25.3. The molecule has 1 aromatic carbocycles. The Kier molecular flexibility index (Phi) is 7.56. The van der Waals surface area contributed by atoms with Crippen LogP contribution in [0.5, 0.6) is 5.75 Å². The first-order valence-corrected chi connectivity index (χ1v) is 12.0. The molecule has 1 fully saturated rings. The summed E-state index contributed by atoms with van der Waals surface area (Å²) in [6.45, 7) is 11.7. The van der Waals surface area contributed by atoms with Crippen molar-refractivity contribution < 1.29 is 17.9 Å². The van der Waals surface area contributed by atoms with Crippen LogP contribution in [0.15, 0.2) is 18.5 Å². The summed E-state index contributed by atoms with van der Waals surface area (Å²) >= 11 is 6.41. The fourth-order valence-corrected chi connectivity index (χ4v) is 4.59. The normalized spacial score (nSPS) is 14.9. The molecule has 2 aromatic heterocycles. The molecular formula is C23H29ClF3N7O. The molecule has 190 valence electrons. The van der Waals surface area contributed by atoms with Crippen molar-refractivity contribution in [2.45, 2.75) is 26.9 Å². The highest BCUT2D eigenvalue weighted by molar-refractivity contribution is 6.31. The predicted molar refractivity (Wildman–Crippen MR) is 131 cm³/mol. The Balaban J connectivity index is 1.50. The fraction of sp³-hybridized carbons (Fsp3) is 0.522. The van der Waals surface area contributed by atoms with E-state index in [0.29, 0.717) is 37.8 Å². The molecule has 1 aliphatic rings. The number of alkyl halides is 3. The van der Waals surface area contributed by atoms with E-state index in [1.165, 1.54) is 6.33 Å². The van der Waals surface area contributed by atoms with Gasteiger partial charge in [-0.15, -0.1) is 0 Å². The van der Waals surface area contributed by atoms with E-state index in [4.69, 9.17) is 16.3 Å². The van der Waals surface area contributed by atoms with Gasteiger partial charge in [0.15, 0.2) is 11.3 Å². The third kappa shape index (κ3) is 5.40. The zero-order valence-electron chi connectivity index (χ0n) is 20.0. The van der Waals surface area contributed by atoms with Crippen molar-refractivity contribution >= 4 is 34.1 Å². The highest BCUT2D eigenvalue weighted by Crippen LogP contribution is 2.37. The number of anilines is 2. The Morgan fingerprint density at radius 2 is 1.77 bits per heavy atom. The molecule has 0 saturated carbocycles. The summed E-state index contributed by atoms with van der Waals surface area (Å²) in [5.74, 6) is 0.978. The van der Waals surface area contributed by atoms with E-state index in [9.17, 15) is 13.2 Å². The minimum Gasteiger partial charge on any atom is -0.492 e. The molecule has 3 aromatic rings. The molecule has 12 heteroatoms. The zero-order valence-corrected chi connectivity index (χ0v) is 20.7. The number of hydrogen-bond acceptors (Lipinski definition) is 7. The van der Waals surface area contributed by atoms with Crippen LogP contribution >= 0.6 is 11.6 Å². The van der Waals surface area contributed by atoms with Gasteiger partial charge < -0.3 is 19.4 Å². The number of likely N-dealkylation sites (N-methyl/N-ethyl adjacent to an activating group) is 1. The fourth-order valence-electron chi connectivity index (χ4n) is 4.39. The smallest absolute Gasteiger partial charge is 0.435 e. The maximum Gasteiger partial charge on any atom is 0.435 e. The number of aromatic amines is 1. The summed E-state index contributed by atoms with van der Waals surface area (Å²) in [4.78, 5) is 14.4. The predicted octanol–water partition coefficient (Wildman–Crippen LogP) is 4.38. The third-order valence-corrected chi connectivity index (χ3v) is 6.60. The van der Waals surface area contributed by atoms with Gasteiger partial charge in [-0.1, -0.05) is 25.4 Å². The van der Waals surface area contributed by atoms with Crippen LogP contribution in [0.3, 0.4) is 0 Å². The molecule has 1 aliphatic heterocycles. The average Bonchev–Trinajstić information content (AvgIpc) is 3.29. The van der Waals surface area contributed by atoms with E-state index in [-0.39, 0.29) is 16.9 Å². The van der Waals surface area contributed by atoms with E-state index in [0.717, 1.165) is 36.6 Å². The minimum absolute atomic E-state index is 0.0712. The number of aromatic nitrogens is 4. The number of hydrogen-bond donors (Lipinski definition) is 1. The Labute approximate surface area is 207 Å². The lowest BCUT2D eigenvalue weighted by atomic mass is 10.1. The van der Waals surface area contributed by atoms with Crippen LogP contribution in [-0.4, -0.2) is 77.5 Å². The first-order chi connectivity index (χ1) is 16.7. The Morgan fingerprint density at radius 3 is 2.43 bits per heavy atom. The van der Waals surface area contributed by atoms with E-state index in [1.54, 1.807) is 0 Å². The second kappa shape index (κ2) is 10.4.